The molecule has 0 amide bonds. The standard InChI is InChI=1S/C15H23N5S/c1-5-16-14-13(10(2)3)15(19-9-18-14)17-7-6-12-8-21-11(4)20-12/h8-10H,5-7H2,1-4H3,(H2,16,17,18,19). The minimum absolute atomic E-state index is 0.365. The van der Waals surface area contributed by atoms with E-state index in [0.29, 0.717) is 5.92 Å². The second-order valence-corrected chi connectivity index (χ2v) is 6.27. The summed E-state index contributed by atoms with van der Waals surface area (Å²) in [7, 11) is 0. The highest BCUT2D eigenvalue weighted by Crippen LogP contribution is 2.28. The summed E-state index contributed by atoms with van der Waals surface area (Å²) in [6.07, 6.45) is 2.52. The number of nitrogens with one attached hydrogen (secondary N) is 2. The lowest BCUT2D eigenvalue weighted by molar-refractivity contribution is 0.841. The van der Waals surface area contributed by atoms with Crippen LogP contribution < -0.4 is 10.6 Å². The molecule has 0 bridgehead atoms. The van der Waals surface area contributed by atoms with Crippen LogP contribution in [0, 0.1) is 6.92 Å². The van der Waals surface area contributed by atoms with E-state index in [-0.39, 0.29) is 0 Å². The van der Waals surface area contributed by atoms with Crippen LogP contribution in [0.3, 0.4) is 0 Å². The molecule has 21 heavy (non-hydrogen) atoms. The molecule has 0 aliphatic heterocycles. The zero-order chi connectivity index (χ0) is 15.2. The molecule has 0 aliphatic carbocycles. The second kappa shape index (κ2) is 7.36. The van der Waals surface area contributed by atoms with Gasteiger partial charge in [-0.2, -0.15) is 0 Å². The van der Waals surface area contributed by atoms with Crippen molar-refractivity contribution in [2.24, 2.45) is 0 Å². The Bertz CT molecular complexity index is 579. The van der Waals surface area contributed by atoms with Crippen molar-refractivity contribution < 1.29 is 0 Å². The predicted octanol–water partition coefficient (Wildman–Crippen LogP) is 3.45. The molecule has 6 heteroatoms. The fourth-order valence-corrected chi connectivity index (χ4v) is 2.87. The Hall–Kier alpha value is -1.69. The number of rotatable bonds is 7. The molecular formula is C15H23N5S. The van der Waals surface area contributed by atoms with Crippen LogP contribution in [-0.2, 0) is 6.42 Å². The van der Waals surface area contributed by atoms with Crippen molar-refractivity contribution in [3.8, 4) is 0 Å². The molecule has 0 fully saturated rings. The third-order valence-corrected chi connectivity index (χ3v) is 3.97. The minimum Gasteiger partial charge on any atom is -0.370 e. The lowest BCUT2D eigenvalue weighted by atomic mass is 10.0. The first kappa shape index (κ1) is 15.7. The van der Waals surface area contributed by atoms with Crippen molar-refractivity contribution in [2.45, 2.75) is 40.0 Å². The van der Waals surface area contributed by atoms with Gasteiger partial charge < -0.3 is 10.6 Å². The van der Waals surface area contributed by atoms with E-state index in [2.05, 4.69) is 51.7 Å². The molecule has 2 N–H and O–H groups in total. The largest absolute Gasteiger partial charge is 0.370 e. The van der Waals surface area contributed by atoms with Crippen LogP contribution in [0.5, 0.6) is 0 Å². The van der Waals surface area contributed by atoms with Gasteiger partial charge in [-0.25, -0.2) is 15.0 Å². The first-order valence-corrected chi connectivity index (χ1v) is 8.23. The Labute approximate surface area is 130 Å². The molecule has 0 unspecified atom stereocenters. The summed E-state index contributed by atoms with van der Waals surface area (Å²) < 4.78 is 0. The maximum absolute atomic E-state index is 4.48. The SMILES string of the molecule is CCNc1ncnc(NCCc2csc(C)n2)c1C(C)C. The van der Waals surface area contributed by atoms with Gasteiger partial charge in [-0.1, -0.05) is 13.8 Å². The average Bonchev–Trinajstić information content (AvgIpc) is 2.85. The Kier molecular flexibility index (Phi) is 5.50. The smallest absolute Gasteiger partial charge is 0.134 e. The third kappa shape index (κ3) is 4.14. The van der Waals surface area contributed by atoms with E-state index in [1.54, 1.807) is 17.7 Å². The summed E-state index contributed by atoms with van der Waals surface area (Å²) in [4.78, 5) is 13.2. The maximum Gasteiger partial charge on any atom is 0.134 e. The van der Waals surface area contributed by atoms with Crippen LogP contribution in [0.2, 0.25) is 0 Å². The van der Waals surface area contributed by atoms with Crippen molar-refractivity contribution in [3.05, 3.63) is 28.0 Å². The van der Waals surface area contributed by atoms with Gasteiger partial charge in [0.15, 0.2) is 0 Å². The number of hydrogen-bond acceptors (Lipinski definition) is 6. The topological polar surface area (TPSA) is 62.7 Å². The molecule has 2 heterocycles. The summed E-state index contributed by atoms with van der Waals surface area (Å²) in [5.41, 5.74) is 2.28. The Morgan fingerprint density at radius 2 is 1.90 bits per heavy atom. The molecule has 2 rings (SSSR count). The fourth-order valence-electron chi connectivity index (χ4n) is 2.22. The zero-order valence-electron chi connectivity index (χ0n) is 13.1. The van der Waals surface area contributed by atoms with Crippen molar-refractivity contribution in [3.63, 3.8) is 0 Å². The second-order valence-electron chi connectivity index (χ2n) is 5.20. The van der Waals surface area contributed by atoms with Gasteiger partial charge in [0.1, 0.15) is 18.0 Å². The van der Waals surface area contributed by atoms with Crippen LogP contribution >= 0.6 is 11.3 Å². The van der Waals surface area contributed by atoms with Gasteiger partial charge in [-0.3, -0.25) is 0 Å². The molecular weight excluding hydrogens is 282 g/mol. The van der Waals surface area contributed by atoms with Gasteiger partial charge in [0, 0.05) is 30.5 Å². The summed E-state index contributed by atoms with van der Waals surface area (Å²) in [5, 5.41) is 9.96. The van der Waals surface area contributed by atoms with E-state index >= 15 is 0 Å². The first-order chi connectivity index (χ1) is 10.1. The van der Waals surface area contributed by atoms with Crippen molar-refractivity contribution in [1.82, 2.24) is 15.0 Å². The van der Waals surface area contributed by atoms with E-state index in [1.165, 1.54) is 0 Å². The summed E-state index contributed by atoms with van der Waals surface area (Å²) in [5.74, 6) is 2.21. The van der Waals surface area contributed by atoms with E-state index in [1.807, 2.05) is 6.92 Å². The highest BCUT2D eigenvalue weighted by molar-refractivity contribution is 7.09. The summed E-state index contributed by atoms with van der Waals surface area (Å²) >= 11 is 1.69. The lowest BCUT2D eigenvalue weighted by Crippen LogP contribution is -2.13. The monoisotopic (exact) mass is 305 g/mol. The normalized spacial score (nSPS) is 10.9. The molecule has 114 valence electrons. The van der Waals surface area contributed by atoms with E-state index in [4.69, 9.17) is 0 Å². The number of hydrogen-bond donors (Lipinski definition) is 2. The number of thiazole rings is 1. The molecule has 0 spiro atoms. The van der Waals surface area contributed by atoms with Gasteiger partial charge in [0.2, 0.25) is 0 Å². The Balaban J connectivity index is 2.06. The maximum atomic E-state index is 4.48. The number of aromatic nitrogens is 3. The van der Waals surface area contributed by atoms with Crippen molar-refractivity contribution in [2.75, 3.05) is 23.7 Å². The molecule has 0 aromatic carbocycles. The Morgan fingerprint density at radius 1 is 1.19 bits per heavy atom. The average molecular weight is 305 g/mol. The molecule has 0 atom stereocenters. The molecule has 2 aromatic rings. The van der Waals surface area contributed by atoms with E-state index in [0.717, 1.165) is 47.4 Å². The molecule has 5 nitrogen and oxygen atoms in total. The van der Waals surface area contributed by atoms with E-state index < -0.39 is 0 Å². The molecule has 0 radical (unpaired) electrons. The highest BCUT2D eigenvalue weighted by atomic mass is 32.1. The Morgan fingerprint density at radius 3 is 2.48 bits per heavy atom. The highest BCUT2D eigenvalue weighted by Gasteiger charge is 2.14. The van der Waals surface area contributed by atoms with Gasteiger partial charge in [-0.05, 0) is 19.8 Å². The van der Waals surface area contributed by atoms with Gasteiger partial charge in [0.25, 0.3) is 0 Å². The molecule has 0 saturated carbocycles. The van der Waals surface area contributed by atoms with Crippen LogP contribution in [0.15, 0.2) is 11.7 Å². The molecule has 2 aromatic heterocycles. The van der Waals surface area contributed by atoms with Crippen LogP contribution in [0.4, 0.5) is 11.6 Å². The van der Waals surface area contributed by atoms with Gasteiger partial charge in [-0.15, -0.1) is 11.3 Å². The molecule has 0 saturated heterocycles. The first-order valence-electron chi connectivity index (χ1n) is 7.35. The van der Waals surface area contributed by atoms with Gasteiger partial charge in [0.05, 0.1) is 10.7 Å². The zero-order valence-corrected chi connectivity index (χ0v) is 13.9. The fraction of sp³-hybridized carbons (Fsp3) is 0.533. The van der Waals surface area contributed by atoms with Crippen LogP contribution in [0.25, 0.3) is 0 Å². The third-order valence-electron chi connectivity index (χ3n) is 3.15. The van der Waals surface area contributed by atoms with Crippen molar-refractivity contribution in [1.29, 1.82) is 0 Å². The van der Waals surface area contributed by atoms with Gasteiger partial charge >= 0.3 is 0 Å². The number of nitrogens with zero attached hydrogens (tertiary/aromatic N) is 3. The lowest BCUT2D eigenvalue weighted by Gasteiger charge is -2.17. The molecule has 0 aliphatic rings. The number of aryl methyl sites for hydroxylation is 1. The predicted molar refractivity (Wildman–Crippen MR) is 89.3 cm³/mol. The quantitative estimate of drug-likeness (QED) is 0.820. The minimum atomic E-state index is 0.365. The van der Waals surface area contributed by atoms with Crippen molar-refractivity contribution >= 4 is 23.0 Å². The van der Waals surface area contributed by atoms with Crippen LogP contribution in [-0.4, -0.2) is 28.0 Å². The summed E-state index contributed by atoms with van der Waals surface area (Å²) in [6.45, 7) is 10.1. The van der Waals surface area contributed by atoms with E-state index in [9.17, 15) is 0 Å². The van der Waals surface area contributed by atoms with Crippen LogP contribution in [0.1, 0.15) is 43.0 Å². The summed E-state index contributed by atoms with van der Waals surface area (Å²) in [6, 6.07) is 0. The number of anilines is 2.